The minimum atomic E-state index is -2.91. The summed E-state index contributed by atoms with van der Waals surface area (Å²) in [5.74, 6) is 0. The lowest BCUT2D eigenvalue weighted by Crippen LogP contribution is -2.46. The van der Waals surface area contributed by atoms with Gasteiger partial charge in [0.1, 0.15) is 0 Å². The van der Waals surface area contributed by atoms with E-state index >= 15 is 0 Å². The van der Waals surface area contributed by atoms with E-state index in [1.54, 1.807) is 13.8 Å². The smallest absolute Gasteiger partial charge is 0.156 e. The Morgan fingerprint density at radius 1 is 1.20 bits per heavy atom. The summed E-state index contributed by atoms with van der Waals surface area (Å²) in [5, 5.41) is -0.386. The molecule has 0 N–H and O–H groups in total. The fraction of sp³-hybridized carbons (Fsp3) is 1.00. The Kier molecular flexibility index (Phi) is 4.18. The van der Waals surface area contributed by atoms with Crippen molar-refractivity contribution in [2.24, 2.45) is 0 Å². The van der Waals surface area contributed by atoms with Gasteiger partial charge in [-0.05, 0) is 47.1 Å². The lowest BCUT2D eigenvalue weighted by atomic mass is 10.1. The van der Waals surface area contributed by atoms with E-state index in [0.29, 0.717) is 6.04 Å². The number of piperidine rings is 1. The number of rotatable bonds is 3. The van der Waals surface area contributed by atoms with Crippen LogP contribution >= 0.6 is 0 Å². The van der Waals surface area contributed by atoms with Crippen molar-refractivity contribution in [1.29, 1.82) is 0 Å². The predicted octanol–water partition coefficient (Wildman–Crippen LogP) is 1.68. The highest BCUT2D eigenvalue weighted by Gasteiger charge is 2.33. The summed E-state index contributed by atoms with van der Waals surface area (Å²) in [7, 11) is -2.91. The summed E-state index contributed by atoms with van der Waals surface area (Å²) < 4.78 is 24.1. The third kappa shape index (κ3) is 2.94. The number of nitrogens with zero attached hydrogens (tertiary/aromatic N) is 1. The van der Waals surface area contributed by atoms with E-state index in [0.717, 1.165) is 25.9 Å². The number of sulfone groups is 1. The maximum atomic E-state index is 12.0. The second-order valence-electron chi connectivity index (χ2n) is 4.99. The molecule has 0 unspecified atom stereocenters. The second kappa shape index (κ2) is 4.83. The lowest BCUT2D eigenvalue weighted by molar-refractivity contribution is 0.186. The van der Waals surface area contributed by atoms with Gasteiger partial charge in [-0.15, -0.1) is 0 Å². The van der Waals surface area contributed by atoms with Gasteiger partial charge >= 0.3 is 0 Å². The van der Waals surface area contributed by atoms with E-state index in [9.17, 15) is 8.42 Å². The van der Waals surface area contributed by atoms with E-state index in [-0.39, 0.29) is 10.5 Å². The van der Waals surface area contributed by atoms with Gasteiger partial charge in [-0.1, -0.05) is 0 Å². The van der Waals surface area contributed by atoms with Gasteiger partial charge in [0.25, 0.3) is 0 Å². The molecule has 1 heterocycles. The molecule has 0 aromatic rings. The fourth-order valence-corrected chi connectivity index (χ4v) is 3.75. The molecule has 1 aliphatic rings. The Hall–Kier alpha value is -0.0900. The van der Waals surface area contributed by atoms with Crippen molar-refractivity contribution in [3.05, 3.63) is 0 Å². The van der Waals surface area contributed by atoms with E-state index in [4.69, 9.17) is 0 Å². The molecule has 1 rings (SSSR count). The van der Waals surface area contributed by atoms with Crippen LogP contribution in [-0.2, 0) is 9.84 Å². The first-order chi connectivity index (χ1) is 6.85. The van der Waals surface area contributed by atoms with Gasteiger partial charge in [0.2, 0.25) is 0 Å². The zero-order valence-electron chi connectivity index (χ0n) is 10.2. The van der Waals surface area contributed by atoms with Gasteiger partial charge in [0, 0.05) is 12.6 Å². The first-order valence-corrected chi connectivity index (χ1v) is 7.43. The van der Waals surface area contributed by atoms with Gasteiger partial charge in [-0.25, -0.2) is 8.42 Å². The minimum Gasteiger partial charge on any atom is -0.300 e. The summed E-state index contributed by atoms with van der Waals surface area (Å²) in [4.78, 5) is 2.27. The van der Waals surface area contributed by atoms with Gasteiger partial charge < -0.3 is 0 Å². The van der Waals surface area contributed by atoms with Crippen LogP contribution in [0.25, 0.3) is 0 Å². The highest BCUT2D eigenvalue weighted by molar-refractivity contribution is 7.92. The molecule has 0 amide bonds. The van der Waals surface area contributed by atoms with E-state index < -0.39 is 9.84 Å². The molecule has 1 saturated heterocycles. The highest BCUT2D eigenvalue weighted by Crippen LogP contribution is 2.21. The number of hydrogen-bond donors (Lipinski definition) is 0. The second-order valence-corrected chi connectivity index (χ2v) is 7.78. The fourth-order valence-electron chi connectivity index (χ4n) is 2.09. The lowest BCUT2D eigenvalue weighted by Gasteiger charge is -2.35. The highest BCUT2D eigenvalue weighted by atomic mass is 32.2. The van der Waals surface area contributed by atoms with E-state index in [2.05, 4.69) is 18.7 Å². The standard InChI is InChI=1S/C11H23NO2S/c1-9(2)12-7-5-6-11(8-12)15(13,14)10(3)4/h9-11H,5-8H2,1-4H3/t11-/m0/s1. The molecule has 0 radical (unpaired) electrons. The van der Waals surface area contributed by atoms with Crippen molar-refractivity contribution >= 4 is 9.84 Å². The summed E-state index contributed by atoms with van der Waals surface area (Å²) in [6, 6.07) is 0.454. The number of hydrogen-bond acceptors (Lipinski definition) is 3. The normalized spacial score (nSPS) is 25.1. The van der Waals surface area contributed by atoms with Crippen molar-refractivity contribution in [1.82, 2.24) is 4.90 Å². The van der Waals surface area contributed by atoms with Crippen LogP contribution in [0.1, 0.15) is 40.5 Å². The van der Waals surface area contributed by atoms with Crippen LogP contribution in [0.5, 0.6) is 0 Å². The Labute approximate surface area is 93.8 Å². The molecule has 1 aliphatic heterocycles. The predicted molar refractivity (Wildman–Crippen MR) is 63.8 cm³/mol. The molecule has 90 valence electrons. The molecule has 0 spiro atoms. The van der Waals surface area contributed by atoms with Crippen molar-refractivity contribution in [2.75, 3.05) is 13.1 Å². The molecule has 0 bridgehead atoms. The summed E-state index contributed by atoms with van der Waals surface area (Å²) in [6.45, 7) is 9.59. The molecule has 0 aliphatic carbocycles. The average Bonchev–Trinajstić information content (AvgIpc) is 2.17. The van der Waals surface area contributed by atoms with Crippen LogP contribution in [-0.4, -0.2) is 42.9 Å². The molecular weight excluding hydrogens is 210 g/mol. The molecule has 0 aromatic carbocycles. The Morgan fingerprint density at radius 2 is 1.80 bits per heavy atom. The Morgan fingerprint density at radius 3 is 2.27 bits per heavy atom. The van der Waals surface area contributed by atoms with Gasteiger partial charge in [-0.2, -0.15) is 0 Å². The van der Waals surface area contributed by atoms with Crippen LogP contribution in [0.3, 0.4) is 0 Å². The van der Waals surface area contributed by atoms with E-state index in [1.807, 2.05) is 0 Å². The summed E-state index contributed by atoms with van der Waals surface area (Å²) in [6.07, 6.45) is 1.85. The monoisotopic (exact) mass is 233 g/mol. The quantitative estimate of drug-likeness (QED) is 0.744. The molecular formula is C11H23NO2S. The maximum Gasteiger partial charge on any atom is 0.156 e. The third-order valence-electron chi connectivity index (χ3n) is 3.26. The van der Waals surface area contributed by atoms with Crippen LogP contribution in [0.2, 0.25) is 0 Å². The molecule has 1 atom stereocenters. The first kappa shape index (κ1) is 13.0. The zero-order valence-corrected chi connectivity index (χ0v) is 11.0. The Bertz CT molecular complexity index is 296. The Balaban J connectivity index is 2.72. The zero-order chi connectivity index (χ0) is 11.6. The van der Waals surface area contributed by atoms with Crippen molar-refractivity contribution < 1.29 is 8.42 Å². The van der Waals surface area contributed by atoms with E-state index in [1.165, 1.54) is 0 Å². The van der Waals surface area contributed by atoms with Crippen molar-refractivity contribution in [3.8, 4) is 0 Å². The SMILES string of the molecule is CC(C)N1CCC[C@H](S(=O)(=O)C(C)C)C1. The number of likely N-dealkylation sites (tertiary alicyclic amines) is 1. The van der Waals surface area contributed by atoms with Crippen LogP contribution in [0, 0.1) is 0 Å². The molecule has 15 heavy (non-hydrogen) atoms. The van der Waals surface area contributed by atoms with Crippen molar-refractivity contribution in [3.63, 3.8) is 0 Å². The van der Waals surface area contributed by atoms with Gasteiger partial charge in [0.05, 0.1) is 10.5 Å². The largest absolute Gasteiger partial charge is 0.300 e. The van der Waals surface area contributed by atoms with Crippen LogP contribution < -0.4 is 0 Å². The molecule has 0 aromatic heterocycles. The summed E-state index contributed by atoms with van der Waals surface area (Å²) in [5.41, 5.74) is 0. The first-order valence-electron chi connectivity index (χ1n) is 5.82. The van der Waals surface area contributed by atoms with Crippen LogP contribution in [0.4, 0.5) is 0 Å². The molecule has 1 fully saturated rings. The maximum absolute atomic E-state index is 12.0. The topological polar surface area (TPSA) is 37.4 Å². The molecule has 0 saturated carbocycles. The average molecular weight is 233 g/mol. The van der Waals surface area contributed by atoms with Crippen LogP contribution in [0.15, 0.2) is 0 Å². The third-order valence-corrected chi connectivity index (χ3v) is 5.89. The summed E-state index contributed by atoms with van der Waals surface area (Å²) >= 11 is 0. The van der Waals surface area contributed by atoms with Crippen molar-refractivity contribution in [2.45, 2.75) is 57.1 Å². The van der Waals surface area contributed by atoms with Gasteiger partial charge in [-0.3, -0.25) is 4.90 Å². The minimum absolute atomic E-state index is 0.145. The van der Waals surface area contributed by atoms with Gasteiger partial charge in [0.15, 0.2) is 9.84 Å². The molecule has 4 heteroatoms. The molecule has 3 nitrogen and oxygen atoms in total.